The molecule has 1 unspecified atom stereocenters. The van der Waals surface area contributed by atoms with Crippen LogP contribution in [0.15, 0.2) is 0 Å². The molecule has 0 aliphatic heterocycles. The highest BCUT2D eigenvalue weighted by Gasteiger charge is 2.08. The maximum absolute atomic E-state index is 9.14. The van der Waals surface area contributed by atoms with Crippen LogP contribution in [0.5, 0.6) is 0 Å². The molecule has 3 nitrogen and oxygen atoms in total. The smallest absolute Gasteiger partial charge is 0.0639 e. The Morgan fingerprint density at radius 3 is 2.08 bits per heavy atom. The molecule has 3 heteroatoms. The SMILES string of the molecule is CC(C)CN(CCO)CC(C)O. The number of nitrogens with zero attached hydrogens (tertiary/aromatic N) is 1. The van der Waals surface area contributed by atoms with Crippen LogP contribution in [0, 0.1) is 5.92 Å². The van der Waals surface area contributed by atoms with Crippen molar-refractivity contribution in [1.29, 1.82) is 0 Å². The molecule has 0 aliphatic rings. The van der Waals surface area contributed by atoms with Crippen molar-refractivity contribution in [2.75, 3.05) is 26.2 Å². The number of aliphatic hydroxyl groups is 2. The summed E-state index contributed by atoms with van der Waals surface area (Å²) in [5.74, 6) is 0.579. The van der Waals surface area contributed by atoms with Crippen LogP contribution < -0.4 is 0 Å². The lowest BCUT2D eigenvalue weighted by atomic mass is 10.2. The van der Waals surface area contributed by atoms with Gasteiger partial charge in [-0.1, -0.05) is 13.8 Å². The molecule has 0 heterocycles. The van der Waals surface area contributed by atoms with E-state index < -0.39 is 0 Å². The minimum Gasteiger partial charge on any atom is -0.395 e. The highest BCUT2D eigenvalue weighted by atomic mass is 16.3. The first-order chi connectivity index (χ1) is 5.56. The maximum atomic E-state index is 9.14. The van der Waals surface area contributed by atoms with E-state index >= 15 is 0 Å². The summed E-state index contributed by atoms with van der Waals surface area (Å²) in [6.45, 7) is 8.44. The van der Waals surface area contributed by atoms with E-state index in [-0.39, 0.29) is 12.7 Å². The van der Waals surface area contributed by atoms with Crippen LogP contribution in [-0.2, 0) is 0 Å². The van der Waals surface area contributed by atoms with Gasteiger partial charge in [-0.3, -0.25) is 4.90 Å². The highest BCUT2D eigenvalue weighted by molar-refractivity contribution is 4.62. The summed E-state index contributed by atoms with van der Waals surface area (Å²) in [6.07, 6.45) is -0.310. The Morgan fingerprint density at radius 1 is 1.17 bits per heavy atom. The summed E-state index contributed by atoms with van der Waals surface area (Å²) in [6, 6.07) is 0. The van der Waals surface area contributed by atoms with E-state index in [4.69, 9.17) is 10.2 Å². The Bertz CT molecular complexity index is 94.7. The van der Waals surface area contributed by atoms with Gasteiger partial charge < -0.3 is 10.2 Å². The molecule has 0 bridgehead atoms. The average Bonchev–Trinajstić information content (AvgIpc) is 1.84. The molecule has 0 saturated carbocycles. The van der Waals surface area contributed by atoms with Crippen LogP contribution in [0.25, 0.3) is 0 Å². The first kappa shape index (κ1) is 11.9. The molecule has 0 fully saturated rings. The number of hydrogen-bond acceptors (Lipinski definition) is 3. The van der Waals surface area contributed by atoms with E-state index in [1.165, 1.54) is 0 Å². The van der Waals surface area contributed by atoms with Crippen molar-refractivity contribution < 1.29 is 10.2 Å². The van der Waals surface area contributed by atoms with Crippen molar-refractivity contribution in [2.45, 2.75) is 26.9 Å². The van der Waals surface area contributed by atoms with Gasteiger partial charge >= 0.3 is 0 Å². The first-order valence-electron chi connectivity index (χ1n) is 4.57. The normalized spacial score (nSPS) is 14.2. The predicted octanol–water partition coefficient (Wildman–Crippen LogP) is 0.318. The van der Waals surface area contributed by atoms with Crippen LogP contribution in [-0.4, -0.2) is 47.5 Å². The second-order valence-corrected chi connectivity index (χ2v) is 3.73. The van der Waals surface area contributed by atoms with Crippen molar-refractivity contribution >= 4 is 0 Å². The zero-order chi connectivity index (χ0) is 9.56. The summed E-state index contributed by atoms with van der Waals surface area (Å²) >= 11 is 0. The molecule has 0 radical (unpaired) electrons. The average molecular weight is 175 g/mol. The van der Waals surface area contributed by atoms with E-state index in [0.29, 0.717) is 19.0 Å². The van der Waals surface area contributed by atoms with Gasteiger partial charge in [0, 0.05) is 19.6 Å². The molecule has 12 heavy (non-hydrogen) atoms. The molecular weight excluding hydrogens is 154 g/mol. The zero-order valence-corrected chi connectivity index (χ0v) is 8.32. The highest BCUT2D eigenvalue weighted by Crippen LogP contribution is 1.99. The van der Waals surface area contributed by atoms with Crippen LogP contribution in [0.1, 0.15) is 20.8 Å². The number of rotatable bonds is 6. The van der Waals surface area contributed by atoms with Gasteiger partial charge in [-0.15, -0.1) is 0 Å². The Kier molecular flexibility index (Phi) is 6.34. The molecule has 0 amide bonds. The Morgan fingerprint density at radius 2 is 1.75 bits per heavy atom. The van der Waals surface area contributed by atoms with Gasteiger partial charge in [0.1, 0.15) is 0 Å². The van der Waals surface area contributed by atoms with Crippen molar-refractivity contribution in [3.63, 3.8) is 0 Å². The maximum Gasteiger partial charge on any atom is 0.0639 e. The minimum absolute atomic E-state index is 0.166. The molecule has 74 valence electrons. The third kappa shape index (κ3) is 6.58. The molecule has 1 atom stereocenters. The Hall–Kier alpha value is -0.120. The van der Waals surface area contributed by atoms with Gasteiger partial charge in [0.2, 0.25) is 0 Å². The van der Waals surface area contributed by atoms with Crippen LogP contribution in [0.3, 0.4) is 0 Å². The van der Waals surface area contributed by atoms with Crippen molar-refractivity contribution in [1.82, 2.24) is 4.90 Å². The van der Waals surface area contributed by atoms with E-state index in [2.05, 4.69) is 18.7 Å². The van der Waals surface area contributed by atoms with Gasteiger partial charge in [-0.25, -0.2) is 0 Å². The molecule has 0 aromatic heterocycles. The van der Waals surface area contributed by atoms with Crippen molar-refractivity contribution in [3.8, 4) is 0 Å². The number of aliphatic hydroxyl groups excluding tert-OH is 2. The summed E-state index contributed by atoms with van der Waals surface area (Å²) in [5.41, 5.74) is 0. The number of hydrogen-bond donors (Lipinski definition) is 2. The second-order valence-electron chi connectivity index (χ2n) is 3.73. The summed E-state index contributed by atoms with van der Waals surface area (Å²) < 4.78 is 0. The topological polar surface area (TPSA) is 43.7 Å². The lowest BCUT2D eigenvalue weighted by Gasteiger charge is -2.24. The fourth-order valence-electron chi connectivity index (χ4n) is 1.29. The third-order valence-electron chi connectivity index (χ3n) is 1.56. The molecule has 0 aromatic rings. The van der Waals surface area contributed by atoms with E-state index in [0.717, 1.165) is 6.54 Å². The van der Waals surface area contributed by atoms with Gasteiger partial charge in [-0.2, -0.15) is 0 Å². The second kappa shape index (κ2) is 6.40. The monoisotopic (exact) mass is 175 g/mol. The minimum atomic E-state index is -0.310. The zero-order valence-electron chi connectivity index (χ0n) is 8.32. The van der Waals surface area contributed by atoms with E-state index in [1.807, 2.05) is 0 Å². The molecule has 0 aliphatic carbocycles. The predicted molar refractivity (Wildman–Crippen MR) is 50.0 cm³/mol. The molecule has 0 saturated heterocycles. The molecular formula is C9H21NO2. The van der Waals surface area contributed by atoms with E-state index in [9.17, 15) is 0 Å². The van der Waals surface area contributed by atoms with Gasteiger partial charge in [-0.05, 0) is 12.8 Å². The van der Waals surface area contributed by atoms with Crippen LogP contribution >= 0.6 is 0 Å². The molecule has 0 aromatic carbocycles. The quantitative estimate of drug-likeness (QED) is 0.611. The van der Waals surface area contributed by atoms with Gasteiger partial charge in [0.05, 0.1) is 12.7 Å². The molecule has 2 N–H and O–H groups in total. The summed E-state index contributed by atoms with van der Waals surface area (Å²) in [4.78, 5) is 2.08. The summed E-state index contributed by atoms with van der Waals surface area (Å²) in [5, 5.41) is 17.9. The van der Waals surface area contributed by atoms with Crippen molar-refractivity contribution in [3.05, 3.63) is 0 Å². The van der Waals surface area contributed by atoms with Gasteiger partial charge in [0.15, 0.2) is 0 Å². The van der Waals surface area contributed by atoms with E-state index in [1.54, 1.807) is 6.92 Å². The Balaban J connectivity index is 3.69. The first-order valence-corrected chi connectivity index (χ1v) is 4.57. The van der Waals surface area contributed by atoms with Crippen LogP contribution in [0.4, 0.5) is 0 Å². The standard InChI is InChI=1S/C9H21NO2/c1-8(2)6-10(4-5-11)7-9(3)12/h8-9,11-12H,4-7H2,1-3H3. The lowest BCUT2D eigenvalue weighted by Crippen LogP contribution is -2.36. The Labute approximate surface area is 75.0 Å². The van der Waals surface area contributed by atoms with Crippen LogP contribution in [0.2, 0.25) is 0 Å². The summed E-state index contributed by atoms with van der Waals surface area (Å²) in [7, 11) is 0. The lowest BCUT2D eigenvalue weighted by molar-refractivity contribution is 0.104. The fourth-order valence-corrected chi connectivity index (χ4v) is 1.29. The van der Waals surface area contributed by atoms with Gasteiger partial charge in [0.25, 0.3) is 0 Å². The molecule has 0 rings (SSSR count). The largest absolute Gasteiger partial charge is 0.395 e. The van der Waals surface area contributed by atoms with Crippen molar-refractivity contribution in [2.24, 2.45) is 5.92 Å². The third-order valence-corrected chi connectivity index (χ3v) is 1.56. The fraction of sp³-hybridized carbons (Fsp3) is 1.00. The molecule has 0 spiro atoms.